The summed E-state index contributed by atoms with van der Waals surface area (Å²) >= 11 is 6.63. The van der Waals surface area contributed by atoms with E-state index in [0.29, 0.717) is 12.3 Å². The Morgan fingerprint density at radius 1 is 0.881 bits per heavy atom. The molecule has 1 saturated carbocycles. The van der Waals surface area contributed by atoms with E-state index in [-0.39, 0.29) is 42.7 Å². The van der Waals surface area contributed by atoms with E-state index in [4.69, 9.17) is 11.6 Å². The minimum Gasteiger partial charge on any atom is -0.481 e. The van der Waals surface area contributed by atoms with Gasteiger partial charge in [0.2, 0.25) is 21.8 Å². The summed E-state index contributed by atoms with van der Waals surface area (Å²) in [6, 6.07) is 1.70. The Hall–Kier alpha value is -8.12. The number of amides is 3. The summed E-state index contributed by atoms with van der Waals surface area (Å²) in [6.07, 6.45) is -12.5. The van der Waals surface area contributed by atoms with Crippen LogP contribution in [-0.2, 0) is 80.2 Å². The van der Waals surface area contributed by atoms with Gasteiger partial charge in [0, 0.05) is 53.6 Å². The van der Waals surface area contributed by atoms with Gasteiger partial charge in [-0.1, -0.05) is 23.6 Å². The van der Waals surface area contributed by atoms with Crippen LogP contribution in [-0.4, -0.2) is 133 Å². The van der Waals surface area contributed by atoms with E-state index in [1.165, 1.54) is 13.8 Å². The summed E-state index contributed by atoms with van der Waals surface area (Å²) in [6.45, 7) is -2.17. The van der Waals surface area contributed by atoms with Gasteiger partial charge in [0.05, 0.1) is 46.8 Å². The number of sulfonamides is 1. The molecule has 450 valence electrons. The molecule has 3 heterocycles. The number of nitrogens with one attached hydrogen (secondary N) is 1. The number of carboxylic acid groups (broad SMARTS) is 3. The first kappa shape index (κ1) is 63.5. The van der Waals surface area contributed by atoms with Crippen molar-refractivity contribution in [1.82, 2.24) is 34.8 Å². The first-order valence-corrected chi connectivity index (χ1v) is 28.2. The van der Waals surface area contributed by atoms with Gasteiger partial charge in [0.1, 0.15) is 46.9 Å². The minimum atomic E-state index is -5.31. The number of hydrogen-bond acceptors (Lipinski definition) is 13. The van der Waals surface area contributed by atoms with Crippen LogP contribution in [0.3, 0.4) is 0 Å². The number of pyridine rings is 1. The van der Waals surface area contributed by atoms with Gasteiger partial charge >= 0.3 is 30.3 Å². The number of carbonyl (C=O) groups excluding carboxylic acids is 3. The number of aliphatic carboxylic acids is 3. The Morgan fingerprint density at radius 2 is 1.50 bits per heavy atom. The van der Waals surface area contributed by atoms with Crippen LogP contribution in [0.15, 0.2) is 54.6 Å². The van der Waals surface area contributed by atoms with Gasteiger partial charge in [-0.15, -0.1) is 0 Å². The quantitative estimate of drug-likeness (QED) is 0.0374. The van der Waals surface area contributed by atoms with E-state index in [1.807, 2.05) is 0 Å². The lowest BCUT2D eigenvalue weighted by Gasteiger charge is -2.26. The van der Waals surface area contributed by atoms with Gasteiger partial charge in [-0.3, -0.25) is 33.3 Å². The first-order chi connectivity index (χ1) is 38.6. The van der Waals surface area contributed by atoms with Crippen molar-refractivity contribution in [3.63, 3.8) is 0 Å². The highest BCUT2D eigenvalue weighted by Crippen LogP contribution is 2.68. The van der Waals surface area contributed by atoms with E-state index < -0.39 is 214 Å². The van der Waals surface area contributed by atoms with Crippen molar-refractivity contribution in [1.29, 1.82) is 0 Å². The smallest absolute Gasteiger partial charge is 0.435 e. The molecule has 84 heavy (non-hydrogen) atoms. The summed E-state index contributed by atoms with van der Waals surface area (Å²) in [4.78, 5) is 81.4. The molecule has 0 bridgehead atoms. The van der Waals surface area contributed by atoms with Crippen molar-refractivity contribution >= 4 is 83.8 Å². The molecule has 1 fully saturated rings. The highest BCUT2D eigenvalue weighted by molar-refractivity contribution is 7.93. The molecule has 0 aliphatic heterocycles. The summed E-state index contributed by atoms with van der Waals surface area (Å²) in [7, 11) is -9.17. The van der Waals surface area contributed by atoms with E-state index >= 15 is 8.78 Å². The van der Waals surface area contributed by atoms with Crippen LogP contribution in [0.25, 0.3) is 22.0 Å². The van der Waals surface area contributed by atoms with Crippen LogP contribution >= 0.6 is 11.6 Å². The Labute approximate surface area is 472 Å². The first-order valence-electron chi connectivity index (χ1n) is 24.1. The Morgan fingerprint density at radius 3 is 2.06 bits per heavy atom. The highest BCUT2D eigenvalue weighted by Gasteiger charge is 2.68. The normalized spacial score (nSPS) is 16.5. The molecule has 0 unspecified atom stereocenters. The standard InChI is InChI=1S/C50H43ClF10N8O13S2/c1-47(2,83(3,79)80)13-11-26-5-6-27(41(62-26)32(17-23-15-24(52)18-25(53)16-23)63-34(70)21-67-44-39(43(64-67)50(59,60)61)29-19-30(29)49(44,57)58)28-7-8-31(51)40-42(28)68(22-48(54,55)56)65-45(40)69(84(4,81)82)36(72)10-9-35(71)66(14-12-37(73)74)33(46(77)78)20-38(75)76/h5-10,15-16,18,29-30,32-33H,12,14,17,19-22H2,1-4H3,(H,63,70)(H,73,74)(H,75,76)(H,77,78)/b10-9+/t29-,30+,32-,33-/m0/s1. The third-order valence-corrected chi connectivity index (χ3v) is 16.6. The SMILES string of the molecule is CC(C)(C#Cc1ccc(-c2ccc(Cl)c3c(N(C(=O)/C=C/C(=O)N(CCC(=O)O)[C@@H](CC(=O)O)C(=O)O)S(C)(=O)=O)nn(CC(F)(F)F)c23)c([C@H](Cc2cc(F)cc(F)c2)NC(=O)Cn2nc(C(F)(F)F)c3c2C(F)(F)[C@@H]2C[C@H]32)n1)S(C)(=O)=O. The molecular formula is C50H43ClF10N8O13S2. The molecule has 2 aliphatic carbocycles. The maximum absolute atomic E-state index is 15.7. The fraction of sp³-hybridized carbons (Fsp3) is 0.380. The van der Waals surface area contributed by atoms with Crippen LogP contribution in [0.1, 0.15) is 79.0 Å². The van der Waals surface area contributed by atoms with Gasteiger partial charge in [0.15, 0.2) is 21.3 Å². The number of alkyl halides is 8. The minimum absolute atomic E-state index is 0.0894. The average Bonchev–Trinajstić information content (AvgIpc) is 1.53. The zero-order valence-electron chi connectivity index (χ0n) is 43.5. The van der Waals surface area contributed by atoms with Gasteiger partial charge in [0.25, 0.3) is 11.8 Å². The van der Waals surface area contributed by atoms with Crippen molar-refractivity contribution in [2.45, 2.75) is 93.6 Å². The maximum Gasteiger partial charge on any atom is 0.435 e. The molecule has 0 saturated heterocycles. The van der Waals surface area contributed by atoms with Crippen molar-refractivity contribution in [3.05, 3.63) is 105 Å². The Balaban J connectivity index is 1.46. The molecule has 3 aromatic heterocycles. The van der Waals surface area contributed by atoms with Crippen molar-refractivity contribution in [2.24, 2.45) is 5.92 Å². The maximum atomic E-state index is 15.7. The molecule has 7 rings (SSSR count). The zero-order chi connectivity index (χ0) is 62.7. The lowest BCUT2D eigenvalue weighted by atomic mass is 9.93. The molecule has 0 radical (unpaired) electrons. The number of sulfone groups is 1. The Bertz CT molecular complexity index is 3890. The van der Waals surface area contributed by atoms with Gasteiger partial charge in [-0.05, 0) is 74.4 Å². The summed E-state index contributed by atoms with van der Waals surface area (Å²) in [5.41, 5.74) is -6.91. The Kier molecular flexibility index (Phi) is 17.2. The second-order valence-corrected chi connectivity index (χ2v) is 24.6. The zero-order valence-corrected chi connectivity index (χ0v) is 45.9. The van der Waals surface area contributed by atoms with Crippen LogP contribution in [0, 0.1) is 29.4 Å². The molecule has 4 atom stereocenters. The fourth-order valence-electron chi connectivity index (χ4n) is 9.26. The van der Waals surface area contributed by atoms with E-state index in [1.54, 1.807) is 0 Å². The van der Waals surface area contributed by atoms with Gasteiger partial charge in [-0.25, -0.2) is 35.4 Å². The van der Waals surface area contributed by atoms with Crippen LogP contribution in [0.5, 0.6) is 0 Å². The summed E-state index contributed by atoms with van der Waals surface area (Å²) in [5, 5.41) is 36.3. The van der Waals surface area contributed by atoms with E-state index in [9.17, 15) is 96.0 Å². The van der Waals surface area contributed by atoms with E-state index in [0.717, 1.165) is 42.7 Å². The lowest BCUT2D eigenvalue weighted by Crippen LogP contribution is -2.46. The molecule has 5 aromatic rings. The number of rotatable bonds is 20. The molecule has 4 N–H and O–H groups in total. The molecule has 34 heteroatoms. The number of hydrogen-bond donors (Lipinski definition) is 4. The average molecular weight is 1250 g/mol. The number of fused-ring (bicyclic) bond motifs is 4. The van der Waals surface area contributed by atoms with Crippen LogP contribution in [0.2, 0.25) is 5.02 Å². The van der Waals surface area contributed by atoms with E-state index in [2.05, 4.69) is 32.3 Å². The number of carbonyl (C=O) groups is 6. The largest absolute Gasteiger partial charge is 0.481 e. The number of carboxylic acids is 3. The van der Waals surface area contributed by atoms with Gasteiger partial charge < -0.3 is 25.5 Å². The van der Waals surface area contributed by atoms with Crippen molar-refractivity contribution < 1.29 is 105 Å². The molecule has 3 amide bonds. The molecule has 21 nitrogen and oxygen atoms in total. The van der Waals surface area contributed by atoms with Crippen LogP contribution in [0.4, 0.5) is 49.7 Å². The molecule has 0 spiro atoms. The van der Waals surface area contributed by atoms with Gasteiger partial charge in [-0.2, -0.15) is 49.6 Å². The monoisotopic (exact) mass is 1250 g/mol. The number of anilines is 1. The van der Waals surface area contributed by atoms with Crippen LogP contribution < -0.4 is 9.62 Å². The number of benzene rings is 2. The third-order valence-electron chi connectivity index (χ3n) is 13.3. The molecular weight excluding hydrogens is 1210 g/mol. The fourth-order valence-corrected chi connectivity index (χ4v) is 10.6. The molecule has 2 aromatic carbocycles. The number of halogens is 11. The lowest BCUT2D eigenvalue weighted by molar-refractivity contribution is -0.154. The predicted octanol–water partition coefficient (Wildman–Crippen LogP) is 6.37. The van der Waals surface area contributed by atoms with Crippen molar-refractivity contribution in [2.75, 3.05) is 23.4 Å². The summed E-state index contributed by atoms with van der Waals surface area (Å²) in [5.74, 6) is -15.6. The molecule has 2 aliphatic rings. The van der Waals surface area contributed by atoms with Crippen molar-refractivity contribution in [3.8, 4) is 23.0 Å². The predicted molar refractivity (Wildman–Crippen MR) is 272 cm³/mol. The second-order valence-electron chi connectivity index (χ2n) is 19.8. The third kappa shape index (κ3) is 13.6. The summed E-state index contributed by atoms with van der Waals surface area (Å²) < 4.78 is 199. The highest BCUT2D eigenvalue weighted by atomic mass is 35.5. The number of aromatic nitrogens is 5. The number of nitrogens with zero attached hydrogens (tertiary/aromatic N) is 7. The second kappa shape index (κ2) is 22.8. The topological polar surface area (TPSA) is 298 Å².